The minimum Gasteiger partial charge on any atom is -0.366 e. The number of nitrogens with one attached hydrogen (secondary N) is 1. The Morgan fingerprint density at radius 3 is 2.65 bits per heavy atom. The summed E-state index contributed by atoms with van der Waals surface area (Å²) in [4.78, 5) is 30.7. The molecule has 2 amide bonds. The van der Waals surface area contributed by atoms with E-state index in [-0.39, 0.29) is 5.91 Å². The van der Waals surface area contributed by atoms with Gasteiger partial charge in [0.25, 0.3) is 0 Å². The van der Waals surface area contributed by atoms with Crippen molar-refractivity contribution in [1.82, 2.24) is 19.8 Å². The van der Waals surface area contributed by atoms with E-state index in [0.29, 0.717) is 24.1 Å². The first-order valence-corrected chi connectivity index (χ1v) is 9.30. The average Bonchev–Trinajstić information content (AvgIpc) is 3.44. The van der Waals surface area contributed by atoms with Crippen molar-refractivity contribution < 1.29 is 9.59 Å². The Morgan fingerprint density at radius 2 is 2.00 bits per heavy atom. The number of primary amides is 1. The molecule has 2 aliphatic rings. The molecule has 138 valence electrons. The predicted octanol–water partition coefficient (Wildman–Crippen LogP) is 1.22. The lowest BCUT2D eigenvalue weighted by molar-refractivity contribution is -0.133. The first-order valence-electron chi connectivity index (χ1n) is 9.30. The topological polar surface area (TPSA) is 93.3 Å². The van der Waals surface area contributed by atoms with Gasteiger partial charge in [-0.1, -0.05) is 0 Å². The molecule has 4 rings (SSSR count). The zero-order valence-corrected chi connectivity index (χ0v) is 15.1. The Bertz CT molecular complexity index is 849. The van der Waals surface area contributed by atoms with Gasteiger partial charge in [0.1, 0.15) is 12.2 Å². The van der Waals surface area contributed by atoms with Crippen LogP contribution >= 0.6 is 0 Å². The van der Waals surface area contributed by atoms with Gasteiger partial charge in [-0.3, -0.25) is 9.59 Å². The number of piperidine rings is 1. The van der Waals surface area contributed by atoms with Gasteiger partial charge in [0.05, 0.1) is 5.56 Å². The molecule has 7 nitrogen and oxygen atoms in total. The molecule has 3 N–H and O–H groups in total. The van der Waals surface area contributed by atoms with Crippen molar-refractivity contribution in [1.29, 1.82) is 0 Å². The molecule has 1 saturated heterocycles. The van der Waals surface area contributed by atoms with Crippen molar-refractivity contribution >= 4 is 22.8 Å². The van der Waals surface area contributed by atoms with Crippen molar-refractivity contribution in [3.8, 4) is 0 Å². The molecule has 1 saturated carbocycles. The summed E-state index contributed by atoms with van der Waals surface area (Å²) in [5.74, 6) is 0.108. The third-order valence-electron chi connectivity index (χ3n) is 5.59. The molecule has 0 radical (unpaired) electrons. The highest BCUT2D eigenvalue weighted by atomic mass is 16.2. The summed E-state index contributed by atoms with van der Waals surface area (Å²) < 4.78 is 2.03. The number of hydrogen-bond acceptors (Lipinski definition) is 4. The Hall–Kier alpha value is -2.41. The van der Waals surface area contributed by atoms with Gasteiger partial charge in [-0.15, -0.1) is 0 Å². The fraction of sp³-hybridized carbons (Fsp3) is 0.526. The summed E-state index contributed by atoms with van der Waals surface area (Å²) in [6.45, 7) is 2.21. The molecule has 7 heteroatoms. The van der Waals surface area contributed by atoms with Gasteiger partial charge in [-0.2, -0.15) is 0 Å². The van der Waals surface area contributed by atoms with Gasteiger partial charge in [-0.05, 0) is 56.8 Å². The minimum absolute atomic E-state index is 0.108. The number of nitrogens with zero attached hydrogens (tertiary/aromatic N) is 3. The number of fused-ring (bicyclic) bond motifs is 1. The highest BCUT2D eigenvalue weighted by Crippen LogP contribution is 2.42. The summed E-state index contributed by atoms with van der Waals surface area (Å²) in [5, 5.41) is 4.21. The Morgan fingerprint density at radius 1 is 1.27 bits per heavy atom. The van der Waals surface area contributed by atoms with Gasteiger partial charge in [0.15, 0.2) is 0 Å². The van der Waals surface area contributed by atoms with E-state index in [4.69, 9.17) is 5.73 Å². The highest BCUT2D eigenvalue weighted by molar-refractivity contribution is 5.96. The van der Waals surface area contributed by atoms with Crippen molar-refractivity contribution in [3.63, 3.8) is 0 Å². The smallest absolute Gasteiger partial charge is 0.250 e. The van der Waals surface area contributed by atoms with Crippen LogP contribution in [0.15, 0.2) is 18.3 Å². The lowest BCUT2D eigenvalue weighted by Gasteiger charge is -2.32. The molecule has 2 fully saturated rings. The third-order valence-corrected chi connectivity index (χ3v) is 5.59. The second-order valence-corrected chi connectivity index (χ2v) is 7.42. The largest absolute Gasteiger partial charge is 0.366 e. The molecular formula is C19H25N5O2. The van der Waals surface area contributed by atoms with Crippen LogP contribution in [0, 0.1) is 0 Å². The lowest BCUT2D eigenvalue weighted by atomic mass is 10.1. The SMILES string of the molecule is CN(C(=O)Cn1c(C2CC2)cc2cc(C(N)=O)cnc21)C1CCNCC1. The summed E-state index contributed by atoms with van der Waals surface area (Å²) in [7, 11) is 1.90. The zero-order chi connectivity index (χ0) is 18.3. The average molecular weight is 355 g/mol. The van der Waals surface area contributed by atoms with E-state index < -0.39 is 5.91 Å². The van der Waals surface area contributed by atoms with E-state index in [0.717, 1.165) is 55.5 Å². The fourth-order valence-corrected chi connectivity index (χ4v) is 3.83. The Balaban J connectivity index is 1.63. The van der Waals surface area contributed by atoms with Crippen LogP contribution in [0.4, 0.5) is 0 Å². The first-order chi connectivity index (χ1) is 12.5. The molecular weight excluding hydrogens is 330 g/mol. The second kappa shape index (κ2) is 6.72. The predicted molar refractivity (Wildman–Crippen MR) is 98.9 cm³/mol. The maximum absolute atomic E-state index is 12.9. The van der Waals surface area contributed by atoms with Crippen LogP contribution in [-0.2, 0) is 11.3 Å². The van der Waals surface area contributed by atoms with E-state index in [9.17, 15) is 9.59 Å². The van der Waals surface area contributed by atoms with Crippen molar-refractivity contribution in [3.05, 3.63) is 29.6 Å². The van der Waals surface area contributed by atoms with Crippen LogP contribution in [-0.4, -0.2) is 52.4 Å². The number of rotatable bonds is 5. The number of aromatic nitrogens is 2. The molecule has 2 aromatic heterocycles. The van der Waals surface area contributed by atoms with E-state index in [1.807, 2.05) is 16.5 Å². The van der Waals surface area contributed by atoms with E-state index in [1.165, 1.54) is 6.20 Å². The second-order valence-electron chi connectivity index (χ2n) is 7.42. The summed E-state index contributed by atoms with van der Waals surface area (Å²) in [6, 6.07) is 4.13. The summed E-state index contributed by atoms with van der Waals surface area (Å²) >= 11 is 0. The standard InChI is InChI=1S/C19H25N5O2/c1-23(15-4-6-21-7-5-15)17(25)11-24-16(12-2-3-12)9-13-8-14(18(20)26)10-22-19(13)24/h8-10,12,15,21H,2-7,11H2,1H3,(H2,20,26). The molecule has 1 aliphatic heterocycles. The Kier molecular flexibility index (Phi) is 4.40. The van der Waals surface area contributed by atoms with Crippen LogP contribution < -0.4 is 11.1 Å². The number of carbonyl (C=O) groups excluding carboxylic acids is 2. The molecule has 1 aliphatic carbocycles. The van der Waals surface area contributed by atoms with Gasteiger partial charge >= 0.3 is 0 Å². The quantitative estimate of drug-likeness (QED) is 0.843. The number of pyridine rings is 1. The van der Waals surface area contributed by atoms with Gasteiger partial charge in [0, 0.05) is 30.4 Å². The van der Waals surface area contributed by atoms with Crippen molar-refractivity contribution in [2.45, 2.75) is 44.2 Å². The fourth-order valence-electron chi connectivity index (χ4n) is 3.83. The van der Waals surface area contributed by atoms with Gasteiger partial charge < -0.3 is 20.5 Å². The molecule has 2 aromatic rings. The van der Waals surface area contributed by atoms with Crippen molar-refractivity contribution in [2.75, 3.05) is 20.1 Å². The van der Waals surface area contributed by atoms with Crippen LogP contribution in [0.2, 0.25) is 0 Å². The van der Waals surface area contributed by atoms with E-state index in [1.54, 1.807) is 6.07 Å². The van der Waals surface area contributed by atoms with Crippen LogP contribution in [0.3, 0.4) is 0 Å². The molecule has 0 spiro atoms. The number of amides is 2. The monoisotopic (exact) mass is 355 g/mol. The zero-order valence-electron chi connectivity index (χ0n) is 15.1. The molecule has 0 atom stereocenters. The lowest BCUT2D eigenvalue weighted by Crippen LogP contribution is -2.45. The molecule has 3 heterocycles. The molecule has 0 unspecified atom stereocenters. The number of nitrogens with two attached hydrogens (primary N) is 1. The number of likely N-dealkylation sites (N-methyl/N-ethyl adjacent to an activating group) is 1. The Labute approximate surface area is 152 Å². The van der Waals surface area contributed by atoms with Gasteiger partial charge in [-0.25, -0.2) is 4.98 Å². The van der Waals surface area contributed by atoms with E-state index >= 15 is 0 Å². The summed E-state index contributed by atoms with van der Waals surface area (Å²) in [6.07, 6.45) is 5.75. The highest BCUT2D eigenvalue weighted by Gasteiger charge is 2.30. The normalized spacial score (nSPS) is 18.2. The maximum Gasteiger partial charge on any atom is 0.250 e. The molecule has 26 heavy (non-hydrogen) atoms. The maximum atomic E-state index is 12.9. The van der Waals surface area contributed by atoms with Gasteiger partial charge in [0.2, 0.25) is 11.8 Å². The molecule has 0 bridgehead atoms. The summed E-state index contributed by atoms with van der Waals surface area (Å²) in [5.41, 5.74) is 7.67. The van der Waals surface area contributed by atoms with Crippen LogP contribution in [0.5, 0.6) is 0 Å². The first kappa shape index (κ1) is 17.0. The third kappa shape index (κ3) is 3.19. The van der Waals surface area contributed by atoms with E-state index in [2.05, 4.69) is 16.4 Å². The van der Waals surface area contributed by atoms with Crippen LogP contribution in [0.25, 0.3) is 11.0 Å². The van der Waals surface area contributed by atoms with Crippen molar-refractivity contribution in [2.24, 2.45) is 5.73 Å². The van der Waals surface area contributed by atoms with Crippen LogP contribution in [0.1, 0.15) is 47.7 Å². The number of hydrogen-bond donors (Lipinski definition) is 2. The molecule has 0 aromatic carbocycles. The minimum atomic E-state index is -0.484. The number of carbonyl (C=O) groups is 2.